The molecule has 0 spiro atoms. The van der Waals surface area contributed by atoms with Gasteiger partial charge in [-0.2, -0.15) is 0 Å². The van der Waals surface area contributed by atoms with Gasteiger partial charge in [0, 0.05) is 24.6 Å². The van der Waals surface area contributed by atoms with Crippen LogP contribution in [0.1, 0.15) is 19.3 Å². The van der Waals surface area contributed by atoms with Gasteiger partial charge in [-0.1, -0.05) is 0 Å². The number of halogens is 1. The summed E-state index contributed by atoms with van der Waals surface area (Å²) in [5.41, 5.74) is 5.70. The topological polar surface area (TPSA) is 63.4 Å². The minimum Gasteiger partial charge on any atom is -0.370 e. The summed E-state index contributed by atoms with van der Waals surface area (Å²) < 4.78 is 12.9. The summed E-state index contributed by atoms with van der Waals surface area (Å²) in [5, 5.41) is 0. The van der Waals surface area contributed by atoms with Gasteiger partial charge in [0.15, 0.2) is 0 Å². The van der Waals surface area contributed by atoms with E-state index in [-0.39, 0.29) is 30.6 Å². The van der Waals surface area contributed by atoms with Crippen molar-refractivity contribution in [2.24, 2.45) is 11.7 Å². The lowest BCUT2D eigenvalue weighted by Gasteiger charge is -2.22. The molecular formula is C13H15FN2O2. The maximum absolute atomic E-state index is 12.9. The molecule has 0 heterocycles. The van der Waals surface area contributed by atoms with Crippen molar-refractivity contribution in [2.75, 3.05) is 11.4 Å². The fourth-order valence-electron chi connectivity index (χ4n) is 1.76. The number of carbonyl (C=O) groups excluding carboxylic acids is 2. The third-order valence-electron chi connectivity index (χ3n) is 2.91. The van der Waals surface area contributed by atoms with Gasteiger partial charge in [0.1, 0.15) is 5.82 Å². The highest BCUT2D eigenvalue weighted by Crippen LogP contribution is 2.32. The third-order valence-corrected chi connectivity index (χ3v) is 2.91. The predicted octanol–water partition coefficient (Wildman–Crippen LogP) is 1.44. The van der Waals surface area contributed by atoms with Crippen LogP contribution in [0.15, 0.2) is 24.3 Å². The average Bonchev–Trinajstić information content (AvgIpc) is 3.15. The molecule has 2 rings (SSSR count). The first-order valence-corrected chi connectivity index (χ1v) is 5.93. The number of rotatable bonds is 5. The number of primary amides is 1. The number of nitrogens with two attached hydrogens (primary N) is 1. The van der Waals surface area contributed by atoms with E-state index in [1.54, 1.807) is 0 Å². The van der Waals surface area contributed by atoms with Crippen LogP contribution in [0.2, 0.25) is 0 Å². The summed E-state index contributed by atoms with van der Waals surface area (Å²) in [6, 6.07) is 5.67. The number of hydrogen-bond acceptors (Lipinski definition) is 2. The summed E-state index contributed by atoms with van der Waals surface area (Å²) in [5.74, 6) is -0.774. The van der Waals surface area contributed by atoms with Gasteiger partial charge in [-0.25, -0.2) is 4.39 Å². The lowest BCUT2D eigenvalue weighted by Crippen LogP contribution is -2.35. The summed E-state index contributed by atoms with van der Waals surface area (Å²) in [6.07, 6.45) is 1.87. The standard InChI is InChI=1S/C13H15FN2O2/c14-10-3-5-11(6-4-10)16(8-7-12(15)17)13(18)9-1-2-9/h3-6,9H,1-2,7-8H2,(H2,15,17). The van der Waals surface area contributed by atoms with Gasteiger partial charge in [0.05, 0.1) is 0 Å². The molecule has 18 heavy (non-hydrogen) atoms. The molecule has 2 N–H and O–H groups in total. The predicted molar refractivity (Wildman–Crippen MR) is 65.3 cm³/mol. The molecular weight excluding hydrogens is 235 g/mol. The van der Waals surface area contributed by atoms with E-state index in [0.29, 0.717) is 5.69 Å². The highest BCUT2D eigenvalue weighted by Gasteiger charge is 2.34. The molecule has 96 valence electrons. The van der Waals surface area contributed by atoms with Gasteiger partial charge in [-0.3, -0.25) is 9.59 Å². The maximum Gasteiger partial charge on any atom is 0.230 e. The lowest BCUT2D eigenvalue weighted by molar-refractivity contribution is -0.120. The fourth-order valence-corrected chi connectivity index (χ4v) is 1.76. The first-order valence-electron chi connectivity index (χ1n) is 5.93. The van der Waals surface area contributed by atoms with Crippen LogP contribution in [-0.4, -0.2) is 18.4 Å². The number of carbonyl (C=O) groups is 2. The second-order valence-corrected chi connectivity index (χ2v) is 4.46. The van der Waals surface area contributed by atoms with Crippen LogP contribution in [0.3, 0.4) is 0 Å². The van der Waals surface area contributed by atoms with Crippen molar-refractivity contribution in [1.29, 1.82) is 0 Å². The maximum atomic E-state index is 12.9. The molecule has 1 fully saturated rings. The van der Waals surface area contributed by atoms with Gasteiger partial charge in [-0.15, -0.1) is 0 Å². The minimum atomic E-state index is -0.453. The first kappa shape index (κ1) is 12.5. The lowest BCUT2D eigenvalue weighted by atomic mass is 10.2. The highest BCUT2D eigenvalue weighted by atomic mass is 19.1. The summed E-state index contributed by atoms with van der Waals surface area (Å²) in [6.45, 7) is 0.246. The van der Waals surface area contributed by atoms with E-state index in [1.165, 1.54) is 29.2 Å². The Hall–Kier alpha value is -1.91. The van der Waals surface area contributed by atoms with Crippen molar-refractivity contribution in [3.8, 4) is 0 Å². The van der Waals surface area contributed by atoms with Crippen LogP contribution >= 0.6 is 0 Å². The molecule has 0 unspecified atom stereocenters. The third kappa shape index (κ3) is 3.06. The van der Waals surface area contributed by atoms with Crippen LogP contribution in [-0.2, 0) is 9.59 Å². The van der Waals surface area contributed by atoms with Gasteiger partial charge >= 0.3 is 0 Å². The Balaban J connectivity index is 2.14. The number of anilines is 1. The Kier molecular flexibility index (Phi) is 3.60. The van der Waals surface area contributed by atoms with Crippen LogP contribution < -0.4 is 10.6 Å². The van der Waals surface area contributed by atoms with E-state index in [4.69, 9.17) is 5.73 Å². The van der Waals surface area contributed by atoms with Crippen LogP contribution in [0, 0.1) is 11.7 Å². The molecule has 1 aliphatic rings. The van der Waals surface area contributed by atoms with Gasteiger partial charge in [0.25, 0.3) is 0 Å². The molecule has 5 heteroatoms. The zero-order valence-corrected chi connectivity index (χ0v) is 9.93. The van der Waals surface area contributed by atoms with Crippen molar-refractivity contribution in [1.82, 2.24) is 0 Å². The number of amides is 2. The van der Waals surface area contributed by atoms with Crippen molar-refractivity contribution in [3.05, 3.63) is 30.1 Å². The largest absolute Gasteiger partial charge is 0.370 e. The quantitative estimate of drug-likeness (QED) is 0.859. The molecule has 2 amide bonds. The Morgan fingerprint density at radius 2 is 1.89 bits per heavy atom. The van der Waals surface area contributed by atoms with Crippen LogP contribution in [0.4, 0.5) is 10.1 Å². The summed E-state index contributed by atoms with van der Waals surface area (Å²) >= 11 is 0. The van der Waals surface area contributed by atoms with Crippen molar-refractivity contribution >= 4 is 17.5 Å². The molecule has 1 aliphatic carbocycles. The van der Waals surface area contributed by atoms with Gasteiger partial charge in [-0.05, 0) is 37.1 Å². The molecule has 0 bridgehead atoms. The fraction of sp³-hybridized carbons (Fsp3) is 0.385. The highest BCUT2D eigenvalue weighted by molar-refractivity contribution is 5.96. The smallest absolute Gasteiger partial charge is 0.230 e. The molecule has 0 aromatic heterocycles. The van der Waals surface area contributed by atoms with E-state index in [0.717, 1.165) is 12.8 Å². The minimum absolute atomic E-state index is 0.0112. The molecule has 4 nitrogen and oxygen atoms in total. The van der Waals surface area contributed by atoms with Crippen molar-refractivity contribution in [3.63, 3.8) is 0 Å². The van der Waals surface area contributed by atoms with E-state index < -0.39 is 5.91 Å². The monoisotopic (exact) mass is 250 g/mol. The van der Waals surface area contributed by atoms with E-state index in [9.17, 15) is 14.0 Å². The van der Waals surface area contributed by atoms with Crippen molar-refractivity contribution < 1.29 is 14.0 Å². The SMILES string of the molecule is NC(=O)CCN(C(=O)C1CC1)c1ccc(F)cc1. The van der Waals surface area contributed by atoms with Gasteiger partial charge < -0.3 is 10.6 Å². The number of hydrogen-bond donors (Lipinski definition) is 1. The van der Waals surface area contributed by atoms with Gasteiger partial charge in [0.2, 0.25) is 11.8 Å². The number of nitrogens with zero attached hydrogens (tertiary/aromatic N) is 1. The van der Waals surface area contributed by atoms with Crippen molar-refractivity contribution in [2.45, 2.75) is 19.3 Å². The number of benzene rings is 1. The molecule has 1 aromatic rings. The van der Waals surface area contributed by atoms with Crippen LogP contribution in [0.25, 0.3) is 0 Å². The van der Waals surface area contributed by atoms with E-state index in [2.05, 4.69) is 0 Å². The summed E-state index contributed by atoms with van der Waals surface area (Å²) in [4.78, 5) is 24.4. The Labute approximate surface area is 105 Å². The van der Waals surface area contributed by atoms with E-state index >= 15 is 0 Å². The molecule has 1 saturated carbocycles. The molecule has 0 radical (unpaired) electrons. The molecule has 0 aliphatic heterocycles. The van der Waals surface area contributed by atoms with E-state index in [1.807, 2.05) is 0 Å². The van der Waals surface area contributed by atoms with Crippen LogP contribution in [0.5, 0.6) is 0 Å². The Bertz CT molecular complexity index is 455. The average molecular weight is 250 g/mol. The molecule has 0 saturated heterocycles. The normalized spacial score (nSPS) is 14.3. The summed E-state index contributed by atoms with van der Waals surface area (Å²) in [7, 11) is 0. The second-order valence-electron chi connectivity index (χ2n) is 4.46. The second kappa shape index (κ2) is 5.16. The zero-order valence-electron chi connectivity index (χ0n) is 9.93. The Morgan fingerprint density at radius 1 is 1.28 bits per heavy atom. The first-order chi connectivity index (χ1) is 8.58. The Morgan fingerprint density at radius 3 is 2.39 bits per heavy atom. The molecule has 1 aromatic carbocycles. The molecule has 0 atom stereocenters. The zero-order chi connectivity index (χ0) is 13.1.